The summed E-state index contributed by atoms with van der Waals surface area (Å²) >= 11 is 3.47. The zero-order chi connectivity index (χ0) is 23.8. The topological polar surface area (TPSA) is 80.5 Å². The zero-order valence-corrected chi connectivity index (χ0v) is 21.1. The molecule has 3 aromatic rings. The minimum absolute atomic E-state index is 0.0710. The van der Waals surface area contributed by atoms with Crippen LogP contribution in [0.1, 0.15) is 37.6 Å². The number of benzene rings is 2. The fraction of sp³-hybridized carbons (Fsp3) is 0.423. The molecule has 2 heterocycles. The van der Waals surface area contributed by atoms with Gasteiger partial charge in [-0.25, -0.2) is 0 Å². The zero-order valence-electron chi connectivity index (χ0n) is 19.5. The largest absolute Gasteiger partial charge is 0.494 e. The number of likely N-dealkylation sites (tertiary alicyclic amines) is 1. The minimum Gasteiger partial charge on any atom is -0.494 e. The van der Waals surface area contributed by atoms with Crippen molar-refractivity contribution in [3.05, 3.63) is 64.5 Å². The third-order valence-electron chi connectivity index (χ3n) is 6.04. The molecule has 0 spiro atoms. The molecule has 0 aliphatic carbocycles. The standard InChI is InChI=1S/C26H31BrN4O3/c1-2-33-23-10-8-19(9-11-23)5-4-14-28-26(32)20-12-15-31(16-13-20)18-24-29-25(30-34-24)21-6-3-7-22(27)17-21/h3,6-11,17,20H,2,4-5,12-16,18H2,1H3,(H,28,32). The van der Waals surface area contributed by atoms with Crippen molar-refractivity contribution < 1.29 is 14.1 Å². The van der Waals surface area contributed by atoms with Crippen LogP contribution in [0, 0.1) is 5.92 Å². The SMILES string of the molecule is CCOc1ccc(CCCNC(=O)C2CCN(Cc3nc(-c4cccc(Br)c4)no3)CC2)cc1. The van der Waals surface area contributed by atoms with E-state index in [4.69, 9.17) is 9.26 Å². The number of amides is 1. The molecule has 0 saturated carbocycles. The summed E-state index contributed by atoms with van der Waals surface area (Å²) in [7, 11) is 0. The Morgan fingerprint density at radius 2 is 2.00 bits per heavy atom. The van der Waals surface area contributed by atoms with Gasteiger partial charge >= 0.3 is 0 Å². The predicted octanol–water partition coefficient (Wildman–Crippen LogP) is 4.86. The van der Waals surface area contributed by atoms with E-state index in [1.54, 1.807) is 0 Å². The lowest BCUT2D eigenvalue weighted by Crippen LogP contribution is -2.40. The molecule has 0 atom stereocenters. The molecule has 7 nitrogen and oxygen atoms in total. The van der Waals surface area contributed by atoms with Crippen LogP contribution in [0.2, 0.25) is 0 Å². The van der Waals surface area contributed by atoms with Gasteiger partial charge in [0.25, 0.3) is 0 Å². The van der Waals surface area contributed by atoms with E-state index in [9.17, 15) is 4.79 Å². The van der Waals surface area contributed by atoms with Gasteiger partial charge in [0.15, 0.2) is 0 Å². The monoisotopic (exact) mass is 526 g/mol. The molecule has 2 aromatic carbocycles. The molecule has 34 heavy (non-hydrogen) atoms. The minimum atomic E-state index is 0.0710. The van der Waals surface area contributed by atoms with E-state index in [1.807, 2.05) is 43.3 Å². The summed E-state index contributed by atoms with van der Waals surface area (Å²) < 4.78 is 11.9. The summed E-state index contributed by atoms with van der Waals surface area (Å²) in [5.41, 5.74) is 2.18. The maximum Gasteiger partial charge on any atom is 0.241 e. The van der Waals surface area contributed by atoms with Crippen molar-refractivity contribution >= 4 is 21.8 Å². The summed E-state index contributed by atoms with van der Waals surface area (Å²) in [6.07, 6.45) is 3.56. The normalized spacial score (nSPS) is 14.8. The second kappa shape index (κ2) is 12.1. The average molecular weight is 527 g/mol. The van der Waals surface area contributed by atoms with Crippen LogP contribution in [0.5, 0.6) is 5.75 Å². The molecule has 1 N–H and O–H groups in total. The molecule has 0 bridgehead atoms. The number of carbonyl (C=O) groups excluding carboxylic acids is 1. The van der Waals surface area contributed by atoms with Crippen LogP contribution < -0.4 is 10.1 Å². The Labute approximate surface area is 209 Å². The van der Waals surface area contributed by atoms with Crippen molar-refractivity contribution in [2.24, 2.45) is 5.92 Å². The highest BCUT2D eigenvalue weighted by atomic mass is 79.9. The molecular weight excluding hydrogens is 496 g/mol. The molecular formula is C26H31BrN4O3. The van der Waals surface area contributed by atoms with E-state index in [1.165, 1.54) is 5.56 Å². The van der Waals surface area contributed by atoms with Crippen LogP contribution in [-0.2, 0) is 17.8 Å². The van der Waals surface area contributed by atoms with Gasteiger partial charge in [-0.05, 0) is 75.5 Å². The molecule has 1 fully saturated rings. The van der Waals surface area contributed by atoms with Gasteiger partial charge in [0, 0.05) is 22.5 Å². The Morgan fingerprint density at radius 1 is 1.21 bits per heavy atom. The number of carbonyl (C=O) groups is 1. The number of ether oxygens (including phenoxy) is 1. The Balaban J connectivity index is 1.15. The van der Waals surface area contributed by atoms with E-state index in [2.05, 4.69) is 48.4 Å². The van der Waals surface area contributed by atoms with Crippen molar-refractivity contribution in [2.75, 3.05) is 26.2 Å². The van der Waals surface area contributed by atoms with Crippen molar-refractivity contribution in [2.45, 2.75) is 39.2 Å². The summed E-state index contributed by atoms with van der Waals surface area (Å²) in [6, 6.07) is 16.0. The Kier molecular flexibility index (Phi) is 8.71. The molecule has 1 amide bonds. The summed E-state index contributed by atoms with van der Waals surface area (Å²) in [4.78, 5) is 19.4. The van der Waals surface area contributed by atoms with Gasteiger partial charge in [0.05, 0.1) is 13.2 Å². The second-order valence-electron chi connectivity index (χ2n) is 8.54. The summed E-state index contributed by atoms with van der Waals surface area (Å²) in [5.74, 6) is 2.33. The van der Waals surface area contributed by atoms with Crippen LogP contribution in [-0.4, -0.2) is 47.2 Å². The van der Waals surface area contributed by atoms with Crippen LogP contribution in [0.15, 0.2) is 57.5 Å². The smallest absolute Gasteiger partial charge is 0.241 e. The number of piperidine rings is 1. The van der Waals surface area contributed by atoms with E-state index in [-0.39, 0.29) is 11.8 Å². The van der Waals surface area contributed by atoms with E-state index in [0.29, 0.717) is 31.4 Å². The fourth-order valence-corrected chi connectivity index (χ4v) is 4.58. The molecule has 0 unspecified atom stereocenters. The van der Waals surface area contributed by atoms with Crippen LogP contribution in [0.25, 0.3) is 11.4 Å². The van der Waals surface area contributed by atoms with E-state index in [0.717, 1.165) is 54.6 Å². The first-order chi connectivity index (χ1) is 16.6. The number of nitrogens with zero attached hydrogens (tertiary/aromatic N) is 3. The highest BCUT2D eigenvalue weighted by molar-refractivity contribution is 9.10. The maximum absolute atomic E-state index is 12.6. The first-order valence-electron chi connectivity index (χ1n) is 11.9. The third-order valence-corrected chi connectivity index (χ3v) is 6.54. The van der Waals surface area contributed by atoms with Crippen LogP contribution >= 0.6 is 15.9 Å². The van der Waals surface area contributed by atoms with Crippen molar-refractivity contribution in [1.82, 2.24) is 20.4 Å². The molecule has 8 heteroatoms. The van der Waals surface area contributed by atoms with Gasteiger partial charge in [-0.3, -0.25) is 9.69 Å². The first kappa shape index (κ1) is 24.4. The predicted molar refractivity (Wildman–Crippen MR) is 134 cm³/mol. The van der Waals surface area contributed by atoms with E-state index < -0.39 is 0 Å². The summed E-state index contributed by atoms with van der Waals surface area (Å²) in [6.45, 7) is 5.66. The number of hydrogen-bond acceptors (Lipinski definition) is 6. The second-order valence-corrected chi connectivity index (χ2v) is 9.46. The number of aryl methyl sites for hydroxylation is 1. The quantitative estimate of drug-likeness (QED) is 0.380. The molecule has 0 radical (unpaired) electrons. The van der Waals surface area contributed by atoms with Gasteiger partial charge in [-0.2, -0.15) is 4.98 Å². The lowest BCUT2D eigenvalue weighted by molar-refractivity contribution is -0.126. The molecule has 4 rings (SSSR count). The van der Waals surface area contributed by atoms with Gasteiger partial charge in [-0.15, -0.1) is 0 Å². The van der Waals surface area contributed by atoms with Gasteiger partial charge in [-0.1, -0.05) is 45.4 Å². The van der Waals surface area contributed by atoms with Crippen LogP contribution in [0.3, 0.4) is 0 Å². The number of rotatable bonds is 10. The Morgan fingerprint density at radius 3 is 2.74 bits per heavy atom. The molecule has 180 valence electrons. The molecule has 1 aliphatic rings. The van der Waals surface area contributed by atoms with Crippen molar-refractivity contribution in [3.8, 4) is 17.1 Å². The Bertz CT molecular complexity index is 1060. The average Bonchev–Trinajstić information content (AvgIpc) is 3.32. The van der Waals surface area contributed by atoms with Crippen molar-refractivity contribution in [1.29, 1.82) is 0 Å². The number of hydrogen-bond donors (Lipinski definition) is 1. The van der Waals surface area contributed by atoms with Gasteiger partial charge < -0.3 is 14.6 Å². The first-order valence-corrected chi connectivity index (χ1v) is 12.7. The number of halogens is 1. The number of nitrogens with one attached hydrogen (secondary N) is 1. The highest BCUT2D eigenvalue weighted by Crippen LogP contribution is 2.22. The molecule has 1 aliphatic heterocycles. The number of aromatic nitrogens is 2. The van der Waals surface area contributed by atoms with Gasteiger partial charge in [0.2, 0.25) is 17.6 Å². The highest BCUT2D eigenvalue weighted by Gasteiger charge is 2.25. The van der Waals surface area contributed by atoms with E-state index >= 15 is 0 Å². The third kappa shape index (κ3) is 6.90. The summed E-state index contributed by atoms with van der Waals surface area (Å²) in [5, 5.41) is 7.23. The lowest BCUT2D eigenvalue weighted by atomic mass is 9.96. The Hall–Kier alpha value is -2.71. The lowest BCUT2D eigenvalue weighted by Gasteiger charge is -2.30. The maximum atomic E-state index is 12.6. The van der Waals surface area contributed by atoms with Crippen molar-refractivity contribution in [3.63, 3.8) is 0 Å². The molecule has 1 aromatic heterocycles. The van der Waals surface area contributed by atoms with Crippen LogP contribution in [0.4, 0.5) is 0 Å². The fourth-order valence-electron chi connectivity index (χ4n) is 4.18. The van der Waals surface area contributed by atoms with Gasteiger partial charge in [0.1, 0.15) is 5.75 Å². The molecule has 1 saturated heterocycles.